The molecule has 6 heteroatoms. The van der Waals surface area contributed by atoms with Crippen LogP contribution in [0.1, 0.15) is 39.2 Å². The van der Waals surface area contributed by atoms with Crippen LogP contribution in [-0.2, 0) is 9.59 Å². The highest BCUT2D eigenvalue weighted by Crippen LogP contribution is 2.22. The number of carbonyl (C=O) groups excluding carboxylic acids is 2. The minimum atomic E-state index is -0.389. The number of hydrogen-bond acceptors (Lipinski definition) is 3. The molecule has 23 heavy (non-hydrogen) atoms. The fraction of sp³-hybridized carbons (Fsp3) is 0.471. The molecule has 0 aliphatic carbocycles. The van der Waals surface area contributed by atoms with Gasteiger partial charge < -0.3 is 10.2 Å². The van der Waals surface area contributed by atoms with Crippen LogP contribution in [-0.4, -0.2) is 39.6 Å². The van der Waals surface area contributed by atoms with Crippen molar-refractivity contribution >= 4 is 28.4 Å². The van der Waals surface area contributed by atoms with Crippen LogP contribution in [0.5, 0.6) is 0 Å². The van der Waals surface area contributed by atoms with E-state index < -0.39 is 0 Å². The van der Waals surface area contributed by atoms with Crippen molar-refractivity contribution in [2.75, 3.05) is 12.4 Å². The molecule has 2 aromatic rings. The van der Waals surface area contributed by atoms with Gasteiger partial charge in [-0.3, -0.25) is 14.3 Å². The standard InChI is InChI=1S/C17H22N4O2/c1-11(2)21-10-12-7-8-13(9-14(12)19-21)18-17(23)15-5-4-6-16(22)20(15)3/h7-11,15H,4-6H2,1-3H3,(H,18,23). The first-order valence-corrected chi connectivity index (χ1v) is 8.01. The normalized spacial score (nSPS) is 18.7. The number of nitrogens with zero attached hydrogens (tertiary/aromatic N) is 3. The molecule has 1 aromatic heterocycles. The summed E-state index contributed by atoms with van der Waals surface area (Å²) in [6.07, 6.45) is 4.00. The van der Waals surface area contributed by atoms with Crippen LogP contribution in [0.25, 0.3) is 10.9 Å². The van der Waals surface area contributed by atoms with E-state index in [9.17, 15) is 9.59 Å². The lowest BCUT2D eigenvalue weighted by Gasteiger charge is -2.31. The topological polar surface area (TPSA) is 67.2 Å². The number of anilines is 1. The van der Waals surface area contributed by atoms with E-state index in [0.29, 0.717) is 24.6 Å². The van der Waals surface area contributed by atoms with Crippen molar-refractivity contribution in [2.45, 2.75) is 45.2 Å². The molecule has 6 nitrogen and oxygen atoms in total. The summed E-state index contributed by atoms with van der Waals surface area (Å²) in [7, 11) is 1.69. The summed E-state index contributed by atoms with van der Waals surface area (Å²) in [4.78, 5) is 25.7. The molecule has 1 aliphatic rings. The van der Waals surface area contributed by atoms with Gasteiger partial charge in [0.1, 0.15) is 6.04 Å². The molecule has 0 spiro atoms. The molecule has 2 amide bonds. The average molecular weight is 314 g/mol. The maximum Gasteiger partial charge on any atom is 0.247 e. The van der Waals surface area contributed by atoms with Gasteiger partial charge in [-0.2, -0.15) is 5.10 Å². The van der Waals surface area contributed by atoms with E-state index in [1.54, 1.807) is 11.9 Å². The van der Waals surface area contributed by atoms with Crippen molar-refractivity contribution in [3.8, 4) is 0 Å². The summed E-state index contributed by atoms with van der Waals surface area (Å²) in [5.41, 5.74) is 1.56. The first-order chi connectivity index (χ1) is 11.0. The Hall–Kier alpha value is -2.37. The van der Waals surface area contributed by atoms with Gasteiger partial charge in [0.15, 0.2) is 0 Å². The number of aromatic nitrogens is 2. The predicted octanol–water partition coefficient (Wildman–Crippen LogP) is 2.57. The van der Waals surface area contributed by atoms with Gasteiger partial charge in [-0.15, -0.1) is 0 Å². The Morgan fingerprint density at radius 3 is 2.91 bits per heavy atom. The average Bonchev–Trinajstić information content (AvgIpc) is 2.93. The molecule has 122 valence electrons. The summed E-state index contributed by atoms with van der Waals surface area (Å²) >= 11 is 0. The molecule has 2 heterocycles. The second-order valence-electron chi connectivity index (χ2n) is 6.38. The lowest BCUT2D eigenvalue weighted by atomic mass is 10.0. The lowest BCUT2D eigenvalue weighted by molar-refractivity contribution is -0.140. The highest BCUT2D eigenvalue weighted by atomic mass is 16.2. The molecule has 1 unspecified atom stereocenters. The van der Waals surface area contributed by atoms with Crippen LogP contribution >= 0.6 is 0 Å². The number of carbonyl (C=O) groups is 2. The summed E-state index contributed by atoms with van der Waals surface area (Å²) in [5, 5.41) is 8.47. The van der Waals surface area contributed by atoms with Crippen LogP contribution in [0, 0.1) is 0 Å². The maximum absolute atomic E-state index is 12.4. The lowest BCUT2D eigenvalue weighted by Crippen LogP contribution is -2.47. The molecular weight excluding hydrogens is 292 g/mol. The van der Waals surface area contributed by atoms with Gasteiger partial charge in [0, 0.05) is 36.8 Å². The molecule has 1 N–H and O–H groups in total. The maximum atomic E-state index is 12.4. The summed E-state index contributed by atoms with van der Waals surface area (Å²) in [5.74, 6) is -0.106. The van der Waals surface area contributed by atoms with Crippen molar-refractivity contribution in [1.29, 1.82) is 0 Å². The third-order valence-corrected chi connectivity index (χ3v) is 4.35. The number of hydrogen-bond donors (Lipinski definition) is 1. The minimum Gasteiger partial charge on any atom is -0.334 e. The number of rotatable bonds is 3. The summed E-state index contributed by atoms with van der Waals surface area (Å²) in [6.45, 7) is 4.15. The molecule has 1 saturated heterocycles. The first kappa shape index (κ1) is 15.5. The Labute approximate surface area is 135 Å². The zero-order valence-corrected chi connectivity index (χ0v) is 13.7. The number of piperidine rings is 1. The molecule has 0 radical (unpaired) electrons. The van der Waals surface area contributed by atoms with Gasteiger partial charge >= 0.3 is 0 Å². The molecule has 0 bridgehead atoms. The monoisotopic (exact) mass is 314 g/mol. The SMILES string of the molecule is CC(C)n1cc2ccc(NC(=O)C3CCCC(=O)N3C)cc2n1. The number of benzene rings is 1. The Bertz CT molecular complexity index is 750. The zero-order valence-electron chi connectivity index (χ0n) is 13.7. The Kier molecular flexibility index (Phi) is 4.07. The molecule has 1 atom stereocenters. The van der Waals surface area contributed by atoms with E-state index in [4.69, 9.17) is 0 Å². The smallest absolute Gasteiger partial charge is 0.247 e. The van der Waals surface area contributed by atoms with E-state index in [1.807, 2.05) is 29.1 Å². The summed E-state index contributed by atoms with van der Waals surface area (Å²) in [6, 6.07) is 5.60. The van der Waals surface area contributed by atoms with E-state index in [-0.39, 0.29) is 17.9 Å². The van der Waals surface area contributed by atoms with E-state index in [0.717, 1.165) is 17.3 Å². The highest BCUT2D eigenvalue weighted by Gasteiger charge is 2.30. The molecule has 0 saturated carbocycles. The van der Waals surface area contributed by atoms with Gasteiger partial charge in [0.2, 0.25) is 11.8 Å². The third-order valence-electron chi connectivity index (χ3n) is 4.35. The quantitative estimate of drug-likeness (QED) is 0.947. The van der Waals surface area contributed by atoms with Gasteiger partial charge in [-0.05, 0) is 44.9 Å². The second kappa shape index (κ2) is 6.02. The number of amides is 2. The third kappa shape index (κ3) is 3.06. The highest BCUT2D eigenvalue weighted by molar-refractivity contribution is 5.99. The van der Waals surface area contributed by atoms with E-state index in [2.05, 4.69) is 24.3 Å². The summed E-state index contributed by atoms with van der Waals surface area (Å²) < 4.78 is 1.91. The largest absolute Gasteiger partial charge is 0.334 e. The second-order valence-corrected chi connectivity index (χ2v) is 6.38. The van der Waals surface area contributed by atoms with Crippen molar-refractivity contribution in [3.05, 3.63) is 24.4 Å². The molecule has 1 fully saturated rings. The Balaban J connectivity index is 1.78. The van der Waals surface area contributed by atoms with Gasteiger partial charge in [0.25, 0.3) is 0 Å². The van der Waals surface area contributed by atoms with E-state index >= 15 is 0 Å². The van der Waals surface area contributed by atoms with Crippen molar-refractivity contribution in [3.63, 3.8) is 0 Å². The number of nitrogens with one attached hydrogen (secondary N) is 1. The van der Waals surface area contributed by atoms with Gasteiger partial charge in [0.05, 0.1) is 5.52 Å². The first-order valence-electron chi connectivity index (χ1n) is 8.01. The van der Waals surface area contributed by atoms with Crippen LogP contribution in [0.4, 0.5) is 5.69 Å². The zero-order chi connectivity index (χ0) is 16.6. The van der Waals surface area contributed by atoms with E-state index in [1.165, 1.54) is 0 Å². The van der Waals surface area contributed by atoms with Crippen molar-refractivity contribution in [2.24, 2.45) is 0 Å². The van der Waals surface area contributed by atoms with Crippen molar-refractivity contribution < 1.29 is 9.59 Å². The van der Waals surface area contributed by atoms with Crippen LogP contribution in [0.15, 0.2) is 24.4 Å². The van der Waals surface area contributed by atoms with Crippen LogP contribution in [0.3, 0.4) is 0 Å². The van der Waals surface area contributed by atoms with Crippen molar-refractivity contribution in [1.82, 2.24) is 14.7 Å². The Morgan fingerprint density at radius 1 is 1.39 bits per heavy atom. The predicted molar refractivity (Wildman–Crippen MR) is 89.2 cm³/mol. The molecule has 3 rings (SSSR count). The fourth-order valence-corrected chi connectivity index (χ4v) is 2.90. The number of likely N-dealkylation sites (tertiary alicyclic amines) is 1. The Morgan fingerprint density at radius 2 is 2.17 bits per heavy atom. The number of likely N-dealkylation sites (N-methyl/N-ethyl adjacent to an activating group) is 1. The fourth-order valence-electron chi connectivity index (χ4n) is 2.90. The number of fused-ring (bicyclic) bond motifs is 1. The van der Waals surface area contributed by atoms with Gasteiger partial charge in [-0.1, -0.05) is 0 Å². The van der Waals surface area contributed by atoms with Gasteiger partial charge in [-0.25, -0.2) is 0 Å². The van der Waals surface area contributed by atoms with Crippen LogP contribution < -0.4 is 5.32 Å². The molecular formula is C17H22N4O2. The molecule has 1 aliphatic heterocycles. The molecule has 1 aromatic carbocycles. The minimum absolute atomic E-state index is 0.0301. The van der Waals surface area contributed by atoms with Crippen LogP contribution in [0.2, 0.25) is 0 Å².